The zero-order chi connectivity index (χ0) is 17.4. The van der Waals surface area contributed by atoms with Crippen molar-refractivity contribution in [1.29, 1.82) is 0 Å². The lowest BCUT2D eigenvalue weighted by atomic mass is 10.1. The number of H-pyrrole nitrogens is 1. The van der Waals surface area contributed by atoms with Crippen LogP contribution in [0, 0.1) is 0 Å². The van der Waals surface area contributed by atoms with Gasteiger partial charge in [0.25, 0.3) is 0 Å². The smallest absolute Gasteiger partial charge is 0.225 e. The van der Waals surface area contributed by atoms with Gasteiger partial charge >= 0.3 is 0 Å². The van der Waals surface area contributed by atoms with Crippen LogP contribution in [0.2, 0.25) is 5.02 Å². The van der Waals surface area contributed by atoms with Crippen molar-refractivity contribution >= 4 is 40.4 Å². The highest BCUT2D eigenvalue weighted by molar-refractivity contribution is 6.33. The van der Waals surface area contributed by atoms with E-state index in [1.54, 1.807) is 36.1 Å². The fourth-order valence-electron chi connectivity index (χ4n) is 2.54. The molecule has 0 spiro atoms. The predicted molar refractivity (Wildman–Crippen MR) is 96.2 cm³/mol. The minimum absolute atomic E-state index is 0.432. The number of benzene rings is 2. The first kappa shape index (κ1) is 15.3. The normalized spacial score (nSPS) is 11.0. The van der Waals surface area contributed by atoms with Crippen LogP contribution in [0.5, 0.6) is 0 Å². The Morgan fingerprint density at radius 1 is 1.24 bits per heavy atom. The Morgan fingerprint density at radius 3 is 2.92 bits per heavy atom. The number of hydrogen-bond acceptors (Lipinski definition) is 5. The van der Waals surface area contributed by atoms with Crippen LogP contribution >= 0.6 is 11.6 Å². The number of fused-ring (bicyclic) bond motifs is 1. The molecule has 0 radical (unpaired) electrons. The van der Waals surface area contributed by atoms with Crippen molar-refractivity contribution in [3.8, 4) is 11.4 Å². The highest BCUT2D eigenvalue weighted by atomic mass is 35.5. The first-order valence-corrected chi connectivity index (χ1v) is 7.88. The Hall–Kier alpha value is -3.19. The first-order chi connectivity index (χ1) is 12.1. The molecule has 0 aliphatic heterocycles. The van der Waals surface area contributed by atoms with E-state index in [0.717, 1.165) is 22.9 Å². The highest BCUT2D eigenvalue weighted by Crippen LogP contribution is 2.28. The quantitative estimate of drug-likeness (QED) is 0.548. The number of anilines is 2. The maximum absolute atomic E-state index is 10.8. The minimum Gasteiger partial charge on any atom is -0.324 e. The summed E-state index contributed by atoms with van der Waals surface area (Å²) < 4.78 is 1.64. The molecule has 0 amide bonds. The molecule has 2 aromatic carbocycles. The predicted octanol–water partition coefficient (Wildman–Crippen LogP) is 3.57. The summed E-state index contributed by atoms with van der Waals surface area (Å²) in [6, 6.07) is 10.9. The average Bonchev–Trinajstić information content (AvgIpc) is 3.21. The molecule has 0 unspecified atom stereocenters. The molecule has 7 nitrogen and oxygen atoms in total. The Labute approximate surface area is 147 Å². The lowest BCUT2D eigenvalue weighted by Gasteiger charge is -2.04. The molecular formula is C17H13ClN6O. The van der Waals surface area contributed by atoms with Crippen LogP contribution in [-0.4, -0.2) is 31.2 Å². The van der Waals surface area contributed by atoms with Gasteiger partial charge in [-0.15, -0.1) is 5.10 Å². The van der Waals surface area contributed by atoms with Gasteiger partial charge in [-0.3, -0.25) is 9.89 Å². The number of carbonyl (C=O) groups excluding carboxylic acids is 1. The summed E-state index contributed by atoms with van der Waals surface area (Å²) in [5.41, 5.74) is 3.02. The molecule has 2 N–H and O–H groups in total. The first-order valence-electron chi connectivity index (χ1n) is 7.50. The lowest BCUT2D eigenvalue weighted by Crippen LogP contribution is -1.99. The zero-order valence-electron chi connectivity index (χ0n) is 13.2. The second-order valence-corrected chi connectivity index (χ2v) is 5.94. The maximum atomic E-state index is 10.8. The molecule has 25 heavy (non-hydrogen) atoms. The fourth-order valence-corrected chi connectivity index (χ4v) is 2.82. The molecule has 4 rings (SSSR count). The third-order valence-electron chi connectivity index (χ3n) is 3.83. The third-order valence-corrected chi connectivity index (χ3v) is 4.14. The summed E-state index contributed by atoms with van der Waals surface area (Å²) >= 11 is 6.24. The van der Waals surface area contributed by atoms with Gasteiger partial charge in [-0.25, -0.2) is 4.68 Å². The van der Waals surface area contributed by atoms with Gasteiger partial charge in [0, 0.05) is 29.2 Å². The van der Waals surface area contributed by atoms with Crippen LogP contribution in [0.4, 0.5) is 11.6 Å². The van der Waals surface area contributed by atoms with Crippen LogP contribution < -0.4 is 5.32 Å². The van der Waals surface area contributed by atoms with Crippen molar-refractivity contribution in [1.82, 2.24) is 25.0 Å². The standard InChI is InChI=1S/C17H13ClN6O/c1-24-17(20-12-3-5-15-11(7-12)8-19-22-15)21-16(23-24)13-4-2-10(9-25)6-14(13)18/h2-9H,1H3,(H,19,22)(H,20,21,23). The molecule has 0 atom stereocenters. The van der Waals surface area contributed by atoms with E-state index in [-0.39, 0.29) is 0 Å². The summed E-state index contributed by atoms with van der Waals surface area (Å²) in [5, 5.41) is 16.0. The van der Waals surface area contributed by atoms with Gasteiger partial charge < -0.3 is 5.32 Å². The van der Waals surface area contributed by atoms with E-state index in [2.05, 4.69) is 25.6 Å². The maximum Gasteiger partial charge on any atom is 0.225 e. The minimum atomic E-state index is 0.432. The van der Waals surface area contributed by atoms with Crippen molar-refractivity contribution in [2.24, 2.45) is 7.05 Å². The Balaban J connectivity index is 1.67. The number of hydrogen-bond donors (Lipinski definition) is 2. The van der Waals surface area contributed by atoms with E-state index < -0.39 is 0 Å². The molecule has 0 aliphatic rings. The number of aromatic nitrogens is 5. The summed E-state index contributed by atoms with van der Waals surface area (Å²) in [4.78, 5) is 15.3. The van der Waals surface area contributed by atoms with Gasteiger partial charge in [0.1, 0.15) is 6.29 Å². The van der Waals surface area contributed by atoms with Gasteiger partial charge in [-0.1, -0.05) is 17.7 Å². The number of aromatic amines is 1. The van der Waals surface area contributed by atoms with Gasteiger partial charge in [0.2, 0.25) is 5.95 Å². The summed E-state index contributed by atoms with van der Waals surface area (Å²) in [6.07, 6.45) is 2.51. The highest BCUT2D eigenvalue weighted by Gasteiger charge is 2.13. The van der Waals surface area contributed by atoms with E-state index in [0.29, 0.717) is 27.9 Å². The van der Waals surface area contributed by atoms with Crippen LogP contribution in [0.3, 0.4) is 0 Å². The van der Waals surface area contributed by atoms with Crippen molar-refractivity contribution in [2.75, 3.05) is 5.32 Å². The van der Waals surface area contributed by atoms with Gasteiger partial charge in [-0.05, 0) is 30.3 Å². The molecule has 8 heteroatoms. The summed E-state index contributed by atoms with van der Waals surface area (Å²) in [5.74, 6) is 1.06. The van der Waals surface area contributed by atoms with Crippen LogP contribution in [-0.2, 0) is 7.05 Å². The molecule has 0 bridgehead atoms. The van der Waals surface area contributed by atoms with E-state index in [1.807, 2.05) is 18.2 Å². The second kappa shape index (κ2) is 6.03. The SMILES string of the molecule is Cn1nc(-c2ccc(C=O)cc2Cl)nc1Nc1ccc2[nH]ncc2c1. The Bertz CT molecular complexity index is 1080. The summed E-state index contributed by atoms with van der Waals surface area (Å²) in [6.45, 7) is 0. The second-order valence-electron chi connectivity index (χ2n) is 5.54. The van der Waals surface area contributed by atoms with Gasteiger partial charge in [0.05, 0.1) is 16.7 Å². The summed E-state index contributed by atoms with van der Waals surface area (Å²) in [7, 11) is 1.79. The van der Waals surface area contributed by atoms with Crippen molar-refractivity contribution in [2.45, 2.75) is 0 Å². The number of aldehydes is 1. The number of halogens is 1. The van der Waals surface area contributed by atoms with E-state index in [1.165, 1.54) is 0 Å². The number of aryl methyl sites for hydroxylation is 1. The third kappa shape index (κ3) is 2.85. The fraction of sp³-hybridized carbons (Fsp3) is 0.0588. The number of nitrogens with zero attached hydrogens (tertiary/aromatic N) is 4. The largest absolute Gasteiger partial charge is 0.324 e. The van der Waals surface area contributed by atoms with Crippen molar-refractivity contribution in [3.05, 3.63) is 53.2 Å². The number of nitrogens with one attached hydrogen (secondary N) is 2. The van der Waals surface area contributed by atoms with Crippen LogP contribution in [0.15, 0.2) is 42.6 Å². The Kier molecular flexibility index (Phi) is 3.70. The van der Waals surface area contributed by atoms with E-state index in [9.17, 15) is 4.79 Å². The van der Waals surface area contributed by atoms with Crippen molar-refractivity contribution < 1.29 is 4.79 Å². The zero-order valence-corrected chi connectivity index (χ0v) is 13.9. The molecule has 2 heterocycles. The lowest BCUT2D eigenvalue weighted by molar-refractivity contribution is 0.112. The number of carbonyl (C=O) groups is 1. The Morgan fingerprint density at radius 2 is 2.12 bits per heavy atom. The van der Waals surface area contributed by atoms with Crippen molar-refractivity contribution in [3.63, 3.8) is 0 Å². The van der Waals surface area contributed by atoms with Gasteiger partial charge in [-0.2, -0.15) is 10.1 Å². The molecule has 4 aromatic rings. The van der Waals surface area contributed by atoms with E-state index in [4.69, 9.17) is 11.6 Å². The average molecular weight is 353 g/mol. The van der Waals surface area contributed by atoms with Crippen LogP contribution in [0.1, 0.15) is 10.4 Å². The molecule has 0 aliphatic carbocycles. The van der Waals surface area contributed by atoms with Gasteiger partial charge in [0.15, 0.2) is 5.82 Å². The molecule has 124 valence electrons. The van der Waals surface area contributed by atoms with Crippen LogP contribution in [0.25, 0.3) is 22.3 Å². The molecule has 0 saturated carbocycles. The molecule has 2 aromatic heterocycles. The topological polar surface area (TPSA) is 88.5 Å². The molecule has 0 fully saturated rings. The number of rotatable bonds is 4. The van der Waals surface area contributed by atoms with E-state index >= 15 is 0 Å². The monoisotopic (exact) mass is 352 g/mol. The molecular weight excluding hydrogens is 340 g/mol. The molecule has 0 saturated heterocycles.